The smallest absolute Gasteiger partial charge is 0.255 e. The van der Waals surface area contributed by atoms with E-state index in [0.717, 1.165) is 15.7 Å². The number of hydrogen-bond donors (Lipinski definition) is 1. The van der Waals surface area contributed by atoms with E-state index in [1.54, 1.807) is 18.3 Å². The minimum Gasteiger partial charge on any atom is -0.320 e. The number of hydrogen-bond acceptors (Lipinski definition) is 3. The number of nitrogens with zero attached hydrogens (tertiary/aromatic N) is 2. The Morgan fingerprint density at radius 3 is 2.67 bits per heavy atom. The minimum absolute atomic E-state index is 0.168. The highest BCUT2D eigenvalue weighted by atomic mass is 79.9. The third-order valence-electron chi connectivity index (χ3n) is 3.05. The molecule has 2 aromatic carbocycles. The molecular weight excluding hydrogens is 330 g/mol. The van der Waals surface area contributed by atoms with Crippen LogP contribution in [0.25, 0.3) is 11.0 Å². The lowest BCUT2D eigenvalue weighted by atomic mass is 10.2. The van der Waals surface area contributed by atoms with E-state index in [1.165, 1.54) is 0 Å². The Morgan fingerprint density at radius 2 is 1.90 bits per heavy atom. The van der Waals surface area contributed by atoms with Gasteiger partial charge >= 0.3 is 0 Å². The lowest BCUT2D eigenvalue weighted by Gasteiger charge is -2.08. The Labute approximate surface area is 130 Å². The molecule has 1 aromatic heterocycles. The van der Waals surface area contributed by atoms with Gasteiger partial charge in [0.2, 0.25) is 0 Å². The monoisotopic (exact) mass is 341 g/mol. The van der Waals surface area contributed by atoms with Crippen LogP contribution in [0.1, 0.15) is 16.1 Å². The molecule has 1 amide bonds. The van der Waals surface area contributed by atoms with Crippen LogP contribution in [-0.4, -0.2) is 15.9 Å². The Hall–Kier alpha value is -2.27. The molecule has 0 aliphatic carbocycles. The van der Waals surface area contributed by atoms with Gasteiger partial charge in [0.05, 0.1) is 16.9 Å². The van der Waals surface area contributed by atoms with Crippen molar-refractivity contribution in [1.29, 1.82) is 0 Å². The Morgan fingerprint density at radius 1 is 1.14 bits per heavy atom. The third kappa shape index (κ3) is 2.92. The molecule has 104 valence electrons. The summed E-state index contributed by atoms with van der Waals surface area (Å²) in [6.45, 7) is 1.87. The second kappa shape index (κ2) is 5.61. The first-order valence-electron chi connectivity index (χ1n) is 6.43. The first-order chi connectivity index (χ1) is 10.1. The molecule has 0 aliphatic heterocycles. The van der Waals surface area contributed by atoms with Crippen molar-refractivity contribution >= 4 is 38.6 Å². The largest absolute Gasteiger partial charge is 0.320 e. The Balaban J connectivity index is 1.96. The second-order valence-corrected chi connectivity index (χ2v) is 5.56. The quantitative estimate of drug-likeness (QED) is 0.767. The molecule has 4 nitrogen and oxygen atoms in total. The summed E-state index contributed by atoms with van der Waals surface area (Å²) in [5, 5.41) is 2.89. The van der Waals surface area contributed by atoms with E-state index in [2.05, 4.69) is 31.2 Å². The van der Waals surface area contributed by atoms with Crippen molar-refractivity contribution in [3.05, 3.63) is 64.4 Å². The van der Waals surface area contributed by atoms with Crippen LogP contribution in [0.3, 0.4) is 0 Å². The maximum absolute atomic E-state index is 12.3. The van der Waals surface area contributed by atoms with Gasteiger partial charge in [-0.1, -0.05) is 22.0 Å². The van der Waals surface area contributed by atoms with E-state index >= 15 is 0 Å². The van der Waals surface area contributed by atoms with Crippen molar-refractivity contribution in [3.8, 4) is 0 Å². The SMILES string of the molecule is Cc1cnc2cccc(NC(=O)c3ccc(Br)cc3)c2n1. The molecule has 0 saturated carbocycles. The molecule has 3 aromatic rings. The lowest BCUT2D eigenvalue weighted by molar-refractivity contribution is 0.102. The summed E-state index contributed by atoms with van der Waals surface area (Å²) in [5.41, 5.74) is 3.53. The zero-order chi connectivity index (χ0) is 14.8. The van der Waals surface area contributed by atoms with E-state index < -0.39 is 0 Å². The number of fused-ring (bicyclic) bond motifs is 1. The molecule has 0 radical (unpaired) electrons. The molecule has 3 rings (SSSR count). The number of aromatic nitrogens is 2. The van der Waals surface area contributed by atoms with Gasteiger partial charge < -0.3 is 5.32 Å². The fourth-order valence-corrected chi connectivity index (χ4v) is 2.28. The first kappa shape index (κ1) is 13.7. The number of aryl methyl sites for hydroxylation is 1. The van der Waals surface area contributed by atoms with Crippen molar-refractivity contribution in [2.24, 2.45) is 0 Å². The number of carbonyl (C=O) groups excluding carboxylic acids is 1. The Bertz CT molecular complexity index is 815. The molecular formula is C16H12BrN3O. The van der Waals surface area contributed by atoms with Gasteiger partial charge in [0.1, 0.15) is 5.52 Å². The first-order valence-corrected chi connectivity index (χ1v) is 7.22. The molecule has 0 unspecified atom stereocenters. The summed E-state index contributed by atoms with van der Waals surface area (Å²) in [7, 11) is 0. The van der Waals surface area contributed by atoms with Crippen LogP contribution in [0, 0.1) is 6.92 Å². The molecule has 1 heterocycles. The van der Waals surface area contributed by atoms with Gasteiger partial charge in [0.25, 0.3) is 5.91 Å². The maximum Gasteiger partial charge on any atom is 0.255 e. The average molecular weight is 342 g/mol. The summed E-state index contributed by atoms with van der Waals surface area (Å²) in [6.07, 6.45) is 1.71. The number of rotatable bonds is 2. The number of anilines is 1. The van der Waals surface area contributed by atoms with Gasteiger partial charge in [-0.15, -0.1) is 0 Å². The van der Waals surface area contributed by atoms with E-state index in [-0.39, 0.29) is 5.91 Å². The fraction of sp³-hybridized carbons (Fsp3) is 0.0625. The summed E-state index contributed by atoms with van der Waals surface area (Å²) < 4.78 is 0.936. The molecule has 0 fully saturated rings. The van der Waals surface area contributed by atoms with E-state index in [0.29, 0.717) is 16.8 Å². The van der Waals surface area contributed by atoms with E-state index in [1.807, 2.05) is 37.3 Å². The molecule has 21 heavy (non-hydrogen) atoms. The minimum atomic E-state index is -0.168. The molecule has 0 spiro atoms. The van der Waals surface area contributed by atoms with Gasteiger partial charge in [0, 0.05) is 16.2 Å². The highest BCUT2D eigenvalue weighted by Gasteiger charge is 2.09. The topological polar surface area (TPSA) is 54.9 Å². The fourth-order valence-electron chi connectivity index (χ4n) is 2.02. The molecule has 1 N–H and O–H groups in total. The lowest BCUT2D eigenvalue weighted by Crippen LogP contribution is -2.12. The number of nitrogens with one attached hydrogen (secondary N) is 1. The highest BCUT2D eigenvalue weighted by molar-refractivity contribution is 9.10. The normalized spacial score (nSPS) is 10.6. The summed E-state index contributed by atoms with van der Waals surface area (Å²) >= 11 is 3.35. The Kier molecular flexibility index (Phi) is 3.66. The summed E-state index contributed by atoms with van der Waals surface area (Å²) in [6, 6.07) is 12.8. The van der Waals surface area contributed by atoms with E-state index in [9.17, 15) is 4.79 Å². The summed E-state index contributed by atoms with van der Waals surface area (Å²) in [5.74, 6) is -0.168. The van der Waals surface area contributed by atoms with E-state index in [4.69, 9.17) is 0 Å². The van der Waals surface area contributed by atoms with Gasteiger partial charge in [-0.25, -0.2) is 4.98 Å². The maximum atomic E-state index is 12.3. The zero-order valence-corrected chi connectivity index (χ0v) is 12.9. The second-order valence-electron chi connectivity index (χ2n) is 4.65. The van der Waals surface area contributed by atoms with Crippen LogP contribution in [0.4, 0.5) is 5.69 Å². The standard InChI is InChI=1S/C16H12BrN3O/c1-10-9-18-13-3-2-4-14(15(13)19-10)20-16(21)11-5-7-12(17)8-6-11/h2-9H,1H3,(H,20,21). The van der Waals surface area contributed by atoms with Crippen LogP contribution in [0.15, 0.2) is 53.1 Å². The number of benzene rings is 2. The molecule has 5 heteroatoms. The number of amides is 1. The molecule has 0 aliphatic rings. The number of halogens is 1. The molecule has 0 saturated heterocycles. The van der Waals surface area contributed by atoms with Crippen molar-refractivity contribution in [3.63, 3.8) is 0 Å². The van der Waals surface area contributed by atoms with Crippen molar-refractivity contribution < 1.29 is 4.79 Å². The molecule has 0 atom stereocenters. The van der Waals surface area contributed by atoms with Gasteiger partial charge in [-0.2, -0.15) is 0 Å². The van der Waals surface area contributed by atoms with Crippen molar-refractivity contribution in [1.82, 2.24) is 9.97 Å². The van der Waals surface area contributed by atoms with Crippen LogP contribution < -0.4 is 5.32 Å². The summed E-state index contributed by atoms with van der Waals surface area (Å²) in [4.78, 5) is 21.0. The highest BCUT2D eigenvalue weighted by Crippen LogP contribution is 2.21. The van der Waals surface area contributed by atoms with Crippen LogP contribution in [0.2, 0.25) is 0 Å². The van der Waals surface area contributed by atoms with Crippen molar-refractivity contribution in [2.75, 3.05) is 5.32 Å². The van der Waals surface area contributed by atoms with Crippen LogP contribution in [-0.2, 0) is 0 Å². The van der Waals surface area contributed by atoms with Gasteiger partial charge in [-0.05, 0) is 43.3 Å². The zero-order valence-electron chi connectivity index (χ0n) is 11.3. The van der Waals surface area contributed by atoms with Crippen LogP contribution >= 0.6 is 15.9 Å². The van der Waals surface area contributed by atoms with Crippen molar-refractivity contribution in [2.45, 2.75) is 6.92 Å². The predicted molar refractivity (Wildman–Crippen MR) is 86.4 cm³/mol. The third-order valence-corrected chi connectivity index (χ3v) is 3.58. The molecule has 0 bridgehead atoms. The average Bonchev–Trinajstić information content (AvgIpc) is 2.48. The number of carbonyl (C=O) groups is 1. The predicted octanol–water partition coefficient (Wildman–Crippen LogP) is 3.95. The van der Waals surface area contributed by atoms with Crippen LogP contribution in [0.5, 0.6) is 0 Å². The number of para-hydroxylation sites is 1. The van der Waals surface area contributed by atoms with Gasteiger partial charge in [-0.3, -0.25) is 9.78 Å². The van der Waals surface area contributed by atoms with Gasteiger partial charge in [0.15, 0.2) is 0 Å².